The SMILES string of the molecule is O=C(O)CC(=O)NC1CCCCC1CO. The van der Waals surface area contributed by atoms with Gasteiger partial charge in [-0.1, -0.05) is 12.8 Å². The highest BCUT2D eigenvalue weighted by Gasteiger charge is 2.26. The Hall–Kier alpha value is -1.10. The van der Waals surface area contributed by atoms with E-state index in [-0.39, 0.29) is 18.6 Å². The molecule has 0 aromatic rings. The number of aliphatic hydroxyl groups is 1. The van der Waals surface area contributed by atoms with Gasteiger partial charge in [0.05, 0.1) is 0 Å². The van der Waals surface area contributed by atoms with Crippen LogP contribution in [0, 0.1) is 5.92 Å². The van der Waals surface area contributed by atoms with Crippen molar-refractivity contribution >= 4 is 11.9 Å². The molecule has 1 rings (SSSR count). The Labute approximate surface area is 88.5 Å². The molecule has 1 saturated carbocycles. The largest absolute Gasteiger partial charge is 0.481 e. The molecule has 0 saturated heterocycles. The summed E-state index contributed by atoms with van der Waals surface area (Å²) in [6, 6.07) is -0.0596. The average Bonchev–Trinajstić information content (AvgIpc) is 2.17. The number of hydrogen-bond donors (Lipinski definition) is 3. The minimum absolute atomic E-state index is 0.0536. The van der Waals surface area contributed by atoms with Gasteiger partial charge in [-0.3, -0.25) is 9.59 Å². The zero-order chi connectivity index (χ0) is 11.3. The van der Waals surface area contributed by atoms with Gasteiger partial charge in [-0.25, -0.2) is 0 Å². The van der Waals surface area contributed by atoms with Crippen LogP contribution in [-0.2, 0) is 9.59 Å². The van der Waals surface area contributed by atoms with Crippen LogP contribution in [0.1, 0.15) is 32.1 Å². The minimum atomic E-state index is -1.12. The number of amides is 1. The van der Waals surface area contributed by atoms with E-state index in [0.29, 0.717) is 0 Å². The summed E-state index contributed by atoms with van der Waals surface area (Å²) >= 11 is 0. The predicted octanol–water partition coefficient (Wildman–Crippen LogP) is 0.128. The van der Waals surface area contributed by atoms with E-state index >= 15 is 0 Å². The van der Waals surface area contributed by atoms with Gasteiger partial charge >= 0.3 is 5.97 Å². The van der Waals surface area contributed by atoms with Gasteiger partial charge < -0.3 is 15.5 Å². The van der Waals surface area contributed by atoms with E-state index in [9.17, 15) is 9.59 Å². The summed E-state index contributed by atoms with van der Waals surface area (Å²) in [6.45, 7) is 0.0536. The van der Waals surface area contributed by atoms with Crippen LogP contribution >= 0.6 is 0 Å². The lowest BCUT2D eigenvalue weighted by Gasteiger charge is -2.30. The summed E-state index contributed by atoms with van der Waals surface area (Å²) in [4.78, 5) is 21.5. The van der Waals surface area contributed by atoms with Crippen LogP contribution in [0.25, 0.3) is 0 Å². The Morgan fingerprint density at radius 3 is 2.53 bits per heavy atom. The molecule has 5 heteroatoms. The fraction of sp³-hybridized carbons (Fsp3) is 0.800. The Morgan fingerprint density at radius 2 is 1.93 bits per heavy atom. The maximum absolute atomic E-state index is 11.2. The molecule has 15 heavy (non-hydrogen) atoms. The summed E-state index contributed by atoms with van der Waals surface area (Å²) in [7, 11) is 0. The van der Waals surface area contributed by atoms with Crippen molar-refractivity contribution in [1.29, 1.82) is 0 Å². The number of hydrogen-bond acceptors (Lipinski definition) is 3. The highest BCUT2D eigenvalue weighted by atomic mass is 16.4. The molecule has 5 nitrogen and oxygen atoms in total. The van der Waals surface area contributed by atoms with Crippen molar-refractivity contribution in [3.63, 3.8) is 0 Å². The number of carboxylic acids is 1. The molecule has 2 atom stereocenters. The van der Waals surface area contributed by atoms with Gasteiger partial charge in [0.1, 0.15) is 6.42 Å². The van der Waals surface area contributed by atoms with Crippen LogP contribution in [0.15, 0.2) is 0 Å². The smallest absolute Gasteiger partial charge is 0.312 e. The van der Waals surface area contributed by atoms with Crippen molar-refractivity contribution in [2.75, 3.05) is 6.61 Å². The standard InChI is InChI=1S/C10H17NO4/c12-6-7-3-1-2-4-8(7)11-9(13)5-10(14)15/h7-8,12H,1-6H2,(H,11,13)(H,14,15). The molecule has 0 spiro atoms. The molecule has 1 fully saturated rings. The summed E-state index contributed by atoms with van der Waals surface area (Å²) in [6.07, 6.45) is 3.32. The molecular formula is C10H17NO4. The number of aliphatic carboxylic acids is 1. The van der Waals surface area contributed by atoms with Crippen LogP contribution in [0.5, 0.6) is 0 Å². The Kier molecular flexibility index (Phi) is 4.55. The van der Waals surface area contributed by atoms with Gasteiger partial charge in [-0.2, -0.15) is 0 Å². The number of rotatable bonds is 4. The second-order valence-electron chi connectivity index (χ2n) is 3.97. The third kappa shape index (κ3) is 3.87. The van der Waals surface area contributed by atoms with Gasteiger partial charge in [0.25, 0.3) is 0 Å². The molecular weight excluding hydrogens is 198 g/mol. The maximum Gasteiger partial charge on any atom is 0.312 e. The molecule has 1 aliphatic rings. The number of carbonyl (C=O) groups excluding carboxylic acids is 1. The Morgan fingerprint density at radius 1 is 1.27 bits per heavy atom. The number of nitrogens with one attached hydrogen (secondary N) is 1. The van der Waals surface area contributed by atoms with Crippen molar-refractivity contribution in [2.45, 2.75) is 38.1 Å². The lowest BCUT2D eigenvalue weighted by atomic mass is 9.85. The van der Waals surface area contributed by atoms with Crippen molar-refractivity contribution < 1.29 is 19.8 Å². The number of aliphatic hydroxyl groups excluding tert-OH is 1. The fourth-order valence-electron chi connectivity index (χ4n) is 2.01. The van der Waals surface area contributed by atoms with E-state index in [0.717, 1.165) is 25.7 Å². The van der Waals surface area contributed by atoms with Crippen molar-refractivity contribution in [1.82, 2.24) is 5.32 Å². The molecule has 86 valence electrons. The monoisotopic (exact) mass is 215 g/mol. The van der Waals surface area contributed by atoms with E-state index in [1.165, 1.54) is 0 Å². The third-order valence-corrected chi connectivity index (χ3v) is 2.80. The maximum atomic E-state index is 11.2. The molecule has 0 aliphatic heterocycles. The van der Waals surface area contributed by atoms with Crippen LogP contribution in [-0.4, -0.2) is 34.7 Å². The number of carboxylic acid groups (broad SMARTS) is 1. The summed E-state index contributed by atoms with van der Waals surface area (Å²) in [5, 5.41) is 20.2. The van der Waals surface area contributed by atoms with E-state index < -0.39 is 18.3 Å². The molecule has 0 aromatic heterocycles. The normalized spacial score (nSPS) is 25.9. The highest BCUT2D eigenvalue weighted by molar-refractivity contribution is 5.93. The highest BCUT2D eigenvalue weighted by Crippen LogP contribution is 2.23. The molecule has 3 N–H and O–H groups in total. The topological polar surface area (TPSA) is 86.6 Å². The zero-order valence-electron chi connectivity index (χ0n) is 8.61. The molecule has 0 heterocycles. The van der Waals surface area contributed by atoms with E-state index in [4.69, 9.17) is 10.2 Å². The minimum Gasteiger partial charge on any atom is -0.481 e. The number of carbonyl (C=O) groups is 2. The average molecular weight is 215 g/mol. The fourth-order valence-corrected chi connectivity index (χ4v) is 2.01. The molecule has 0 aromatic carbocycles. The summed E-state index contributed by atoms with van der Waals surface area (Å²) in [5.41, 5.74) is 0. The van der Waals surface area contributed by atoms with Crippen LogP contribution < -0.4 is 5.32 Å². The van der Waals surface area contributed by atoms with E-state index in [1.807, 2.05) is 0 Å². The first-order valence-electron chi connectivity index (χ1n) is 5.25. The van der Waals surface area contributed by atoms with Crippen LogP contribution in [0.4, 0.5) is 0 Å². The summed E-state index contributed by atoms with van der Waals surface area (Å²) in [5.74, 6) is -1.51. The van der Waals surface area contributed by atoms with Crippen LogP contribution in [0.2, 0.25) is 0 Å². The quantitative estimate of drug-likeness (QED) is 0.582. The molecule has 1 amide bonds. The van der Waals surface area contributed by atoms with Gasteiger partial charge in [-0.15, -0.1) is 0 Å². The van der Waals surface area contributed by atoms with E-state index in [2.05, 4.69) is 5.32 Å². The third-order valence-electron chi connectivity index (χ3n) is 2.80. The first kappa shape index (κ1) is 12.0. The molecule has 0 radical (unpaired) electrons. The second kappa shape index (κ2) is 5.70. The molecule has 1 aliphatic carbocycles. The second-order valence-corrected chi connectivity index (χ2v) is 3.97. The zero-order valence-corrected chi connectivity index (χ0v) is 8.61. The van der Waals surface area contributed by atoms with Crippen molar-refractivity contribution in [3.8, 4) is 0 Å². The van der Waals surface area contributed by atoms with Gasteiger partial charge in [0.15, 0.2) is 0 Å². The Balaban J connectivity index is 2.40. The summed E-state index contributed by atoms with van der Waals surface area (Å²) < 4.78 is 0. The van der Waals surface area contributed by atoms with Crippen LogP contribution in [0.3, 0.4) is 0 Å². The van der Waals surface area contributed by atoms with Gasteiger partial charge in [-0.05, 0) is 12.8 Å². The Bertz CT molecular complexity index is 242. The lowest BCUT2D eigenvalue weighted by molar-refractivity contribution is -0.141. The first-order valence-corrected chi connectivity index (χ1v) is 5.25. The van der Waals surface area contributed by atoms with Gasteiger partial charge in [0, 0.05) is 18.6 Å². The van der Waals surface area contributed by atoms with Crippen molar-refractivity contribution in [2.24, 2.45) is 5.92 Å². The first-order chi connectivity index (χ1) is 7.13. The molecule has 2 unspecified atom stereocenters. The van der Waals surface area contributed by atoms with Gasteiger partial charge in [0.2, 0.25) is 5.91 Å². The lowest BCUT2D eigenvalue weighted by Crippen LogP contribution is -2.43. The van der Waals surface area contributed by atoms with E-state index in [1.54, 1.807) is 0 Å². The predicted molar refractivity (Wildman–Crippen MR) is 53.2 cm³/mol. The van der Waals surface area contributed by atoms with Crippen molar-refractivity contribution in [3.05, 3.63) is 0 Å². The molecule has 0 bridgehead atoms.